The number of hydrogen-bond donors (Lipinski definition) is 2. The van der Waals surface area contributed by atoms with Gasteiger partial charge in [0.25, 0.3) is 11.4 Å². The zero-order valence-electron chi connectivity index (χ0n) is 19.0. The Hall–Kier alpha value is -3.28. The van der Waals surface area contributed by atoms with E-state index in [1.54, 1.807) is 23.9 Å². The molecule has 0 aliphatic carbocycles. The van der Waals surface area contributed by atoms with Gasteiger partial charge in [-0.1, -0.05) is 0 Å². The number of rotatable bonds is 8. The third-order valence-corrected chi connectivity index (χ3v) is 6.24. The van der Waals surface area contributed by atoms with E-state index in [0.29, 0.717) is 63.3 Å². The molecule has 1 saturated heterocycles. The van der Waals surface area contributed by atoms with E-state index in [1.807, 2.05) is 12.1 Å². The van der Waals surface area contributed by atoms with Crippen LogP contribution in [0.25, 0.3) is 11.0 Å². The normalized spacial score (nSPS) is 20.1. The average Bonchev–Trinajstić information content (AvgIpc) is 3.22. The molecular formula is C23H28N6O5. The van der Waals surface area contributed by atoms with Gasteiger partial charge in [0.1, 0.15) is 19.0 Å². The standard InChI is InChI=1S/C23H28N6O5/c1-32-17-9-19-18(25-12-17)2-3-22(31)29(19)5-4-28-13-15(20(30)14-28)10-24-11-16-8-21-23(27-26-16)34-7-6-33-21/h2-3,8-9,12,15,20,24,30H,4-7,10-11,13-14H2,1H3/t15?,20-/m1/s1. The molecule has 0 radical (unpaired) electrons. The number of aliphatic hydroxyl groups excluding tert-OH is 1. The van der Waals surface area contributed by atoms with Crippen molar-refractivity contribution < 1.29 is 19.3 Å². The molecular weight excluding hydrogens is 440 g/mol. The van der Waals surface area contributed by atoms with Gasteiger partial charge in [0, 0.05) is 63.4 Å². The van der Waals surface area contributed by atoms with E-state index in [2.05, 4.69) is 25.4 Å². The molecule has 34 heavy (non-hydrogen) atoms. The van der Waals surface area contributed by atoms with Crippen LogP contribution in [0.4, 0.5) is 0 Å². The molecule has 1 unspecified atom stereocenters. The van der Waals surface area contributed by atoms with E-state index in [1.165, 1.54) is 6.07 Å². The summed E-state index contributed by atoms with van der Waals surface area (Å²) >= 11 is 0. The van der Waals surface area contributed by atoms with Crippen molar-refractivity contribution in [2.24, 2.45) is 5.92 Å². The van der Waals surface area contributed by atoms with Crippen LogP contribution in [0.5, 0.6) is 17.4 Å². The molecule has 11 nitrogen and oxygen atoms in total. The minimum atomic E-state index is -0.440. The van der Waals surface area contributed by atoms with Crippen molar-refractivity contribution in [2.45, 2.75) is 19.2 Å². The predicted octanol–water partition coefficient (Wildman–Crippen LogP) is 0.0488. The van der Waals surface area contributed by atoms with Crippen LogP contribution in [0.1, 0.15) is 5.69 Å². The molecule has 2 aliphatic rings. The lowest BCUT2D eigenvalue weighted by atomic mass is 10.1. The average molecular weight is 469 g/mol. The van der Waals surface area contributed by atoms with Gasteiger partial charge in [-0.15, -0.1) is 5.10 Å². The van der Waals surface area contributed by atoms with Gasteiger partial charge in [-0.05, 0) is 6.07 Å². The van der Waals surface area contributed by atoms with Crippen LogP contribution < -0.4 is 25.1 Å². The van der Waals surface area contributed by atoms with Crippen LogP contribution in [-0.2, 0) is 13.1 Å². The Morgan fingerprint density at radius 2 is 2.06 bits per heavy atom. The highest BCUT2D eigenvalue weighted by molar-refractivity contribution is 5.75. The summed E-state index contributed by atoms with van der Waals surface area (Å²) < 4.78 is 17.9. The molecule has 0 bridgehead atoms. The van der Waals surface area contributed by atoms with Gasteiger partial charge in [-0.25, -0.2) is 0 Å². The van der Waals surface area contributed by atoms with Crippen molar-refractivity contribution in [2.75, 3.05) is 46.5 Å². The number of fused-ring (bicyclic) bond motifs is 2. The fraction of sp³-hybridized carbons (Fsp3) is 0.478. The van der Waals surface area contributed by atoms with Crippen LogP contribution in [0.15, 0.2) is 35.3 Å². The van der Waals surface area contributed by atoms with Crippen molar-refractivity contribution in [1.29, 1.82) is 0 Å². The molecule has 0 spiro atoms. The second kappa shape index (κ2) is 9.92. The maximum Gasteiger partial charge on any atom is 0.276 e. The smallest absolute Gasteiger partial charge is 0.276 e. The lowest BCUT2D eigenvalue weighted by molar-refractivity contribution is 0.140. The lowest BCUT2D eigenvalue weighted by Gasteiger charge is -2.18. The summed E-state index contributed by atoms with van der Waals surface area (Å²) in [6.07, 6.45) is 1.20. The highest BCUT2D eigenvalue weighted by atomic mass is 16.6. The topological polar surface area (TPSA) is 124 Å². The van der Waals surface area contributed by atoms with Gasteiger partial charge in [0.2, 0.25) is 0 Å². The van der Waals surface area contributed by atoms with E-state index in [-0.39, 0.29) is 11.5 Å². The first-order valence-corrected chi connectivity index (χ1v) is 11.4. The Morgan fingerprint density at radius 3 is 2.94 bits per heavy atom. The van der Waals surface area contributed by atoms with Crippen molar-refractivity contribution in [3.8, 4) is 17.4 Å². The molecule has 180 valence electrons. The minimum Gasteiger partial charge on any atom is -0.495 e. The monoisotopic (exact) mass is 468 g/mol. The maximum atomic E-state index is 12.5. The Balaban J connectivity index is 1.16. The van der Waals surface area contributed by atoms with Gasteiger partial charge in [-0.3, -0.25) is 14.7 Å². The van der Waals surface area contributed by atoms with Crippen LogP contribution >= 0.6 is 0 Å². The summed E-state index contributed by atoms with van der Waals surface area (Å²) in [5.41, 5.74) is 2.16. The number of nitrogens with zero attached hydrogens (tertiary/aromatic N) is 5. The predicted molar refractivity (Wildman–Crippen MR) is 123 cm³/mol. The molecule has 3 aromatic rings. The Kier molecular flexibility index (Phi) is 6.57. The molecule has 0 aromatic carbocycles. The molecule has 5 heterocycles. The molecule has 0 saturated carbocycles. The van der Waals surface area contributed by atoms with E-state index in [4.69, 9.17) is 14.2 Å². The number of β-amino-alcohol motifs (C(OH)–C–C–N with tert-alkyl or cyclic N) is 1. The van der Waals surface area contributed by atoms with Crippen molar-refractivity contribution in [3.05, 3.63) is 46.5 Å². The second-order valence-electron chi connectivity index (χ2n) is 8.52. The third-order valence-electron chi connectivity index (χ3n) is 6.24. The Bertz CT molecular complexity index is 1220. The zero-order chi connectivity index (χ0) is 23.5. The molecule has 5 rings (SSSR count). The SMILES string of the molecule is COc1cnc2ccc(=O)n(CCN3CC(CNCc4cc5c(nn4)OCCO5)[C@H](O)C3)c2c1. The van der Waals surface area contributed by atoms with Crippen LogP contribution in [0.2, 0.25) is 0 Å². The molecule has 2 atom stereocenters. The zero-order valence-corrected chi connectivity index (χ0v) is 19.0. The molecule has 11 heteroatoms. The van der Waals surface area contributed by atoms with Gasteiger partial charge >= 0.3 is 0 Å². The fourth-order valence-electron chi connectivity index (χ4n) is 4.42. The van der Waals surface area contributed by atoms with Crippen LogP contribution in [0, 0.1) is 5.92 Å². The van der Waals surface area contributed by atoms with Crippen molar-refractivity contribution in [3.63, 3.8) is 0 Å². The summed E-state index contributed by atoms with van der Waals surface area (Å²) in [7, 11) is 1.58. The Labute approximate surface area is 196 Å². The van der Waals surface area contributed by atoms with Crippen molar-refractivity contribution in [1.82, 2.24) is 30.0 Å². The maximum absolute atomic E-state index is 12.5. The summed E-state index contributed by atoms with van der Waals surface area (Å²) in [6.45, 7) is 4.61. The van der Waals surface area contributed by atoms with Crippen LogP contribution in [0.3, 0.4) is 0 Å². The molecule has 0 amide bonds. The number of ether oxygens (including phenoxy) is 3. The quantitative estimate of drug-likeness (QED) is 0.469. The fourth-order valence-corrected chi connectivity index (χ4v) is 4.42. The second-order valence-corrected chi connectivity index (χ2v) is 8.52. The summed E-state index contributed by atoms with van der Waals surface area (Å²) in [6, 6.07) is 6.92. The Morgan fingerprint density at radius 1 is 1.18 bits per heavy atom. The summed E-state index contributed by atoms with van der Waals surface area (Å²) in [4.78, 5) is 19.1. The van der Waals surface area contributed by atoms with E-state index in [9.17, 15) is 9.90 Å². The molecule has 3 aromatic heterocycles. The van der Waals surface area contributed by atoms with Gasteiger partial charge < -0.3 is 29.2 Å². The first kappa shape index (κ1) is 22.5. The number of aromatic nitrogens is 4. The summed E-state index contributed by atoms with van der Waals surface area (Å²) in [5, 5.41) is 22.1. The highest BCUT2D eigenvalue weighted by Crippen LogP contribution is 2.26. The molecule has 1 fully saturated rings. The highest BCUT2D eigenvalue weighted by Gasteiger charge is 2.30. The number of hydrogen-bond acceptors (Lipinski definition) is 10. The first-order chi connectivity index (χ1) is 16.6. The van der Waals surface area contributed by atoms with E-state index in [0.717, 1.165) is 23.3 Å². The number of nitrogens with one attached hydrogen (secondary N) is 1. The first-order valence-electron chi connectivity index (χ1n) is 11.4. The number of aliphatic hydroxyl groups is 1. The number of pyridine rings is 2. The molecule has 2 N–H and O–H groups in total. The number of likely N-dealkylation sites (tertiary alicyclic amines) is 1. The van der Waals surface area contributed by atoms with E-state index >= 15 is 0 Å². The minimum absolute atomic E-state index is 0.0798. The van der Waals surface area contributed by atoms with E-state index < -0.39 is 6.10 Å². The van der Waals surface area contributed by atoms with Crippen LogP contribution in [-0.4, -0.2) is 82.4 Å². The van der Waals surface area contributed by atoms with Crippen molar-refractivity contribution >= 4 is 11.0 Å². The number of methoxy groups -OCH3 is 1. The van der Waals surface area contributed by atoms with Gasteiger partial charge in [-0.2, -0.15) is 5.10 Å². The largest absolute Gasteiger partial charge is 0.495 e. The summed E-state index contributed by atoms with van der Waals surface area (Å²) in [5.74, 6) is 1.73. The lowest BCUT2D eigenvalue weighted by Crippen LogP contribution is -2.31. The van der Waals surface area contributed by atoms with Gasteiger partial charge in [0.05, 0.1) is 36.1 Å². The molecule has 2 aliphatic heterocycles. The van der Waals surface area contributed by atoms with Gasteiger partial charge in [0.15, 0.2) is 5.75 Å². The third kappa shape index (κ3) is 4.81.